The first-order valence-corrected chi connectivity index (χ1v) is 7.71. The predicted molar refractivity (Wildman–Crippen MR) is 75.8 cm³/mol. The molecule has 0 spiro atoms. The number of amides is 1. The average molecular weight is 266 g/mol. The van der Waals surface area contributed by atoms with Crippen LogP contribution in [0.25, 0.3) is 0 Å². The van der Waals surface area contributed by atoms with Crippen LogP contribution in [0.2, 0.25) is 0 Å². The highest BCUT2D eigenvalue weighted by atomic mass is 32.1. The van der Waals surface area contributed by atoms with E-state index < -0.39 is 0 Å². The Hall–Kier alpha value is -0.870. The summed E-state index contributed by atoms with van der Waals surface area (Å²) in [5.74, 6) is 0.289. The summed E-state index contributed by atoms with van der Waals surface area (Å²) in [7, 11) is 0. The van der Waals surface area contributed by atoms with Crippen molar-refractivity contribution in [1.82, 2.24) is 10.2 Å². The molecule has 1 amide bonds. The number of nitrogens with one attached hydrogen (secondary N) is 1. The van der Waals surface area contributed by atoms with Crippen molar-refractivity contribution >= 4 is 17.2 Å². The number of thiophene rings is 1. The standard InChI is InChI=1S/C14H22N2OS/c1-3-15-11(2)9-14(17)16-7-4-5-13(16)12-6-8-18-10-12/h6,8,10-11,13,15H,3-5,7,9H2,1-2H3. The SMILES string of the molecule is CCNC(C)CC(=O)N1CCCC1c1ccsc1. The summed E-state index contributed by atoms with van der Waals surface area (Å²) in [5.41, 5.74) is 1.31. The van der Waals surface area contributed by atoms with Crippen LogP contribution in [0, 0.1) is 0 Å². The molecule has 0 aliphatic carbocycles. The van der Waals surface area contributed by atoms with E-state index in [0.717, 1.165) is 25.9 Å². The number of likely N-dealkylation sites (tertiary alicyclic amines) is 1. The van der Waals surface area contributed by atoms with Gasteiger partial charge in [-0.1, -0.05) is 6.92 Å². The molecule has 100 valence electrons. The van der Waals surface area contributed by atoms with Gasteiger partial charge in [0.2, 0.25) is 5.91 Å². The summed E-state index contributed by atoms with van der Waals surface area (Å²) in [4.78, 5) is 14.4. The van der Waals surface area contributed by atoms with E-state index in [-0.39, 0.29) is 11.9 Å². The Morgan fingerprint density at radius 1 is 1.67 bits per heavy atom. The van der Waals surface area contributed by atoms with Gasteiger partial charge in [0.25, 0.3) is 0 Å². The zero-order chi connectivity index (χ0) is 13.0. The summed E-state index contributed by atoms with van der Waals surface area (Å²) in [6.45, 7) is 5.99. The molecule has 1 aromatic rings. The maximum absolute atomic E-state index is 12.3. The predicted octanol–water partition coefficient (Wildman–Crippen LogP) is 2.80. The minimum atomic E-state index is 0.270. The lowest BCUT2D eigenvalue weighted by Gasteiger charge is -2.25. The van der Waals surface area contributed by atoms with Crippen molar-refractivity contribution < 1.29 is 4.79 Å². The van der Waals surface area contributed by atoms with Gasteiger partial charge in [-0.2, -0.15) is 11.3 Å². The highest BCUT2D eigenvalue weighted by molar-refractivity contribution is 7.07. The number of nitrogens with zero attached hydrogens (tertiary/aromatic N) is 1. The normalized spacial score (nSPS) is 21.2. The summed E-state index contributed by atoms with van der Waals surface area (Å²) >= 11 is 1.71. The van der Waals surface area contributed by atoms with Crippen LogP contribution in [0.3, 0.4) is 0 Å². The first-order valence-electron chi connectivity index (χ1n) is 6.77. The van der Waals surface area contributed by atoms with Crippen molar-refractivity contribution in [3.63, 3.8) is 0 Å². The van der Waals surface area contributed by atoms with Gasteiger partial charge >= 0.3 is 0 Å². The van der Waals surface area contributed by atoms with Crippen LogP contribution in [0.4, 0.5) is 0 Å². The fourth-order valence-electron chi connectivity index (χ4n) is 2.68. The van der Waals surface area contributed by atoms with Gasteiger partial charge in [0, 0.05) is 19.0 Å². The number of rotatable bonds is 5. The lowest BCUT2D eigenvalue weighted by molar-refractivity contribution is -0.132. The van der Waals surface area contributed by atoms with Crippen molar-refractivity contribution in [2.45, 2.75) is 45.2 Å². The Morgan fingerprint density at radius 2 is 2.50 bits per heavy atom. The van der Waals surface area contributed by atoms with Gasteiger partial charge < -0.3 is 10.2 Å². The third-order valence-corrected chi connectivity index (χ3v) is 4.24. The zero-order valence-corrected chi connectivity index (χ0v) is 12.0. The van der Waals surface area contributed by atoms with E-state index >= 15 is 0 Å². The van der Waals surface area contributed by atoms with Gasteiger partial charge in [0.1, 0.15) is 0 Å². The third kappa shape index (κ3) is 3.12. The Bertz CT molecular complexity index is 377. The number of hydrogen-bond acceptors (Lipinski definition) is 3. The highest BCUT2D eigenvalue weighted by Crippen LogP contribution is 2.33. The topological polar surface area (TPSA) is 32.3 Å². The zero-order valence-electron chi connectivity index (χ0n) is 11.2. The van der Waals surface area contributed by atoms with Crippen molar-refractivity contribution in [3.8, 4) is 0 Å². The molecule has 1 N–H and O–H groups in total. The molecule has 0 radical (unpaired) electrons. The van der Waals surface area contributed by atoms with Crippen molar-refractivity contribution in [3.05, 3.63) is 22.4 Å². The van der Waals surface area contributed by atoms with Crippen LogP contribution < -0.4 is 5.32 Å². The Balaban J connectivity index is 1.97. The van der Waals surface area contributed by atoms with E-state index in [1.165, 1.54) is 5.56 Å². The second-order valence-electron chi connectivity index (χ2n) is 4.96. The van der Waals surface area contributed by atoms with Crippen LogP contribution >= 0.6 is 11.3 Å². The third-order valence-electron chi connectivity index (χ3n) is 3.53. The number of hydrogen-bond donors (Lipinski definition) is 1. The van der Waals surface area contributed by atoms with Crippen molar-refractivity contribution in [2.24, 2.45) is 0 Å². The van der Waals surface area contributed by atoms with Crippen molar-refractivity contribution in [2.75, 3.05) is 13.1 Å². The fourth-order valence-corrected chi connectivity index (χ4v) is 3.38. The molecule has 1 saturated heterocycles. The first kappa shape index (κ1) is 13.6. The second-order valence-corrected chi connectivity index (χ2v) is 5.74. The molecule has 18 heavy (non-hydrogen) atoms. The van der Waals surface area contributed by atoms with Gasteiger partial charge in [0.05, 0.1) is 6.04 Å². The summed E-state index contributed by atoms with van der Waals surface area (Å²) in [6, 6.07) is 2.73. The molecule has 0 aromatic carbocycles. The minimum Gasteiger partial charge on any atom is -0.336 e. The maximum atomic E-state index is 12.3. The minimum absolute atomic E-state index is 0.270. The molecule has 2 unspecified atom stereocenters. The molecule has 1 aliphatic rings. The summed E-state index contributed by atoms with van der Waals surface area (Å²) in [5, 5.41) is 7.57. The molecular formula is C14H22N2OS. The van der Waals surface area contributed by atoms with Crippen molar-refractivity contribution in [1.29, 1.82) is 0 Å². The van der Waals surface area contributed by atoms with Gasteiger partial charge in [-0.3, -0.25) is 4.79 Å². The monoisotopic (exact) mass is 266 g/mol. The Kier molecular flexibility index (Phi) is 4.78. The van der Waals surface area contributed by atoms with E-state index in [1.807, 2.05) is 0 Å². The molecule has 2 rings (SSSR count). The molecule has 0 saturated carbocycles. The molecule has 0 bridgehead atoms. The highest BCUT2D eigenvalue weighted by Gasteiger charge is 2.30. The fraction of sp³-hybridized carbons (Fsp3) is 0.643. The second kappa shape index (κ2) is 6.34. The van der Waals surface area contributed by atoms with Gasteiger partial charge in [0.15, 0.2) is 0 Å². The lowest BCUT2D eigenvalue weighted by atomic mass is 10.1. The van der Waals surface area contributed by atoms with Crippen LogP contribution in [-0.2, 0) is 4.79 Å². The lowest BCUT2D eigenvalue weighted by Crippen LogP contribution is -2.36. The molecule has 1 aromatic heterocycles. The molecule has 1 fully saturated rings. The molecular weight excluding hydrogens is 244 g/mol. The maximum Gasteiger partial charge on any atom is 0.224 e. The Labute approximate surface area is 113 Å². The van der Waals surface area contributed by atoms with E-state index in [4.69, 9.17) is 0 Å². The quantitative estimate of drug-likeness (QED) is 0.889. The molecule has 2 heterocycles. The molecule has 4 heteroatoms. The molecule has 2 atom stereocenters. The van der Waals surface area contributed by atoms with Crippen LogP contribution in [-0.4, -0.2) is 29.9 Å². The van der Waals surface area contributed by atoms with E-state index in [1.54, 1.807) is 11.3 Å². The molecule has 1 aliphatic heterocycles. The average Bonchev–Trinajstić information content (AvgIpc) is 3.00. The summed E-state index contributed by atoms with van der Waals surface area (Å²) < 4.78 is 0. The van der Waals surface area contributed by atoms with E-state index in [9.17, 15) is 4.79 Å². The summed E-state index contributed by atoms with van der Waals surface area (Å²) in [6.07, 6.45) is 2.84. The van der Waals surface area contributed by atoms with E-state index in [0.29, 0.717) is 12.5 Å². The van der Waals surface area contributed by atoms with Gasteiger partial charge in [-0.05, 0) is 48.7 Å². The van der Waals surface area contributed by atoms with Crippen LogP contribution in [0.15, 0.2) is 16.8 Å². The van der Waals surface area contributed by atoms with Gasteiger partial charge in [-0.25, -0.2) is 0 Å². The van der Waals surface area contributed by atoms with Gasteiger partial charge in [-0.15, -0.1) is 0 Å². The first-order chi connectivity index (χ1) is 8.72. The largest absolute Gasteiger partial charge is 0.336 e. The molecule has 3 nitrogen and oxygen atoms in total. The van der Waals surface area contributed by atoms with E-state index in [2.05, 4.69) is 40.9 Å². The smallest absolute Gasteiger partial charge is 0.224 e. The number of carbonyl (C=O) groups excluding carboxylic acids is 1. The Morgan fingerprint density at radius 3 is 3.17 bits per heavy atom. The number of carbonyl (C=O) groups is 1. The van der Waals surface area contributed by atoms with Crippen LogP contribution in [0.1, 0.15) is 44.7 Å². The van der Waals surface area contributed by atoms with Crippen LogP contribution in [0.5, 0.6) is 0 Å².